The molecule has 12 heteroatoms. The Morgan fingerprint density at radius 1 is 1.10 bits per heavy atom. The monoisotopic (exact) mass is 586 g/mol. The van der Waals surface area contributed by atoms with E-state index in [1.165, 1.54) is 6.20 Å². The molecule has 1 atom stereocenters. The SMILES string of the molecule is CC(C)Oc1cc(OC2CCN(C)C2)ccc1Nc1ncc(Cl)c(Nc2ccccc2S(=O)(=O)NCC2CC2)n1. The molecule has 3 N–H and O–H groups in total. The van der Waals surface area contributed by atoms with Crippen LogP contribution < -0.4 is 24.8 Å². The van der Waals surface area contributed by atoms with Gasteiger partial charge in [0, 0.05) is 25.7 Å². The molecular formula is C28H35ClN6O4S. The molecule has 3 aromatic rings. The Kier molecular flexibility index (Phi) is 8.65. The molecule has 0 spiro atoms. The molecular weight excluding hydrogens is 552 g/mol. The first-order valence-corrected chi connectivity index (χ1v) is 15.3. The number of anilines is 4. The highest BCUT2D eigenvalue weighted by Gasteiger charge is 2.26. The fourth-order valence-corrected chi connectivity index (χ4v) is 5.82. The average molecular weight is 587 g/mol. The van der Waals surface area contributed by atoms with Crippen molar-refractivity contribution in [2.24, 2.45) is 5.92 Å². The number of aromatic nitrogens is 2. The summed E-state index contributed by atoms with van der Waals surface area (Å²) < 4.78 is 40.9. The van der Waals surface area contributed by atoms with Gasteiger partial charge in [-0.05, 0) is 70.3 Å². The number of para-hydroxylation sites is 1. The number of nitrogens with zero attached hydrogens (tertiary/aromatic N) is 3. The lowest BCUT2D eigenvalue weighted by molar-refractivity contribution is 0.204. The second kappa shape index (κ2) is 12.2. The van der Waals surface area contributed by atoms with E-state index in [0.29, 0.717) is 29.6 Å². The quantitative estimate of drug-likeness (QED) is 0.264. The minimum absolute atomic E-state index is 0.0660. The summed E-state index contributed by atoms with van der Waals surface area (Å²) in [6, 6.07) is 12.3. The van der Waals surface area contributed by atoms with Crippen LogP contribution in [0.2, 0.25) is 5.02 Å². The molecule has 1 aliphatic carbocycles. The maximum absolute atomic E-state index is 13.0. The van der Waals surface area contributed by atoms with Crippen LogP contribution in [0.5, 0.6) is 11.5 Å². The molecule has 1 unspecified atom stereocenters. The summed E-state index contributed by atoms with van der Waals surface area (Å²) in [4.78, 5) is 11.2. The van der Waals surface area contributed by atoms with Gasteiger partial charge in [-0.1, -0.05) is 23.7 Å². The van der Waals surface area contributed by atoms with Crippen molar-refractivity contribution in [3.05, 3.63) is 53.7 Å². The van der Waals surface area contributed by atoms with E-state index in [-0.39, 0.29) is 33.9 Å². The standard InChI is InChI=1S/C28H35ClN6O4S/c1-18(2)38-25-14-20(39-21-12-13-35(3)17-21)10-11-23(25)33-28-30-16-22(29)27(34-28)32-24-6-4-5-7-26(24)40(36,37)31-15-19-8-9-19/h4-7,10-11,14,16,18-19,21,31H,8-9,12-13,15,17H2,1-3H3,(H2,30,32,33,34). The second-order valence-corrected chi connectivity index (χ2v) is 12.7. The average Bonchev–Trinajstić information content (AvgIpc) is 3.66. The molecule has 1 saturated carbocycles. The van der Waals surface area contributed by atoms with Crippen molar-refractivity contribution in [1.29, 1.82) is 0 Å². The zero-order valence-corrected chi connectivity index (χ0v) is 24.4. The highest BCUT2D eigenvalue weighted by atomic mass is 35.5. The van der Waals surface area contributed by atoms with E-state index < -0.39 is 10.0 Å². The van der Waals surface area contributed by atoms with Gasteiger partial charge >= 0.3 is 0 Å². The van der Waals surface area contributed by atoms with Gasteiger partial charge in [-0.2, -0.15) is 4.98 Å². The van der Waals surface area contributed by atoms with Gasteiger partial charge < -0.3 is 25.0 Å². The summed E-state index contributed by atoms with van der Waals surface area (Å²) >= 11 is 6.41. The molecule has 0 radical (unpaired) electrons. The van der Waals surface area contributed by atoms with E-state index in [9.17, 15) is 8.42 Å². The van der Waals surface area contributed by atoms with E-state index in [1.54, 1.807) is 24.3 Å². The Hall–Kier alpha value is -3.12. The predicted octanol–water partition coefficient (Wildman–Crippen LogP) is 5.18. The molecule has 1 aliphatic heterocycles. The highest BCUT2D eigenvalue weighted by molar-refractivity contribution is 7.89. The first-order chi connectivity index (χ1) is 19.2. The van der Waals surface area contributed by atoms with Crippen LogP contribution >= 0.6 is 11.6 Å². The lowest BCUT2D eigenvalue weighted by atomic mass is 10.2. The molecule has 0 bridgehead atoms. The maximum Gasteiger partial charge on any atom is 0.242 e. The number of rotatable bonds is 12. The van der Waals surface area contributed by atoms with Crippen molar-refractivity contribution < 1.29 is 17.9 Å². The van der Waals surface area contributed by atoms with Crippen molar-refractivity contribution in [3.8, 4) is 11.5 Å². The lowest BCUT2D eigenvalue weighted by Gasteiger charge is -2.19. The summed E-state index contributed by atoms with van der Waals surface area (Å²) in [7, 11) is -1.63. The van der Waals surface area contributed by atoms with Gasteiger partial charge in [0.1, 0.15) is 27.5 Å². The number of likely N-dealkylation sites (tertiary alicyclic amines) is 1. The van der Waals surface area contributed by atoms with Crippen molar-refractivity contribution >= 4 is 44.8 Å². The van der Waals surface area contributed by atoms with E-state index in [4.69, 9.17) is 21.1 Å². The van der Waals surface area contributed by atoms with Crippen LogP contribution in [0.1, 0.15) is 33.1 Å². The third-order valence-electron chi connectivity index (χ3n) is 6.65. The first kappa shape index (κ1) is 28.4. The number of ether oxygens (including phenoxy) is 2. The summed E-state index contributed by atoms with van der Waals surface area (Å²) in [6.45, 7) is 6.23. The summed E-state index contributed by atoms with van der Waals surface area (Å²) in [5.74, 6) is 2.27. The van der Waals surface area contributed by atoms with Crippen molar-refractivity contribution in [2.45, 2.75) is 50.2 Å². The summed E-state index contributed by atoms with van der Waals surface area (Å²) in [6.07, 6.45) is 4.60. The van der Waals surface area contributed by atoms with Gasteiger partial charge in [0.2, 0.25) is 16.0 Å². The first-order valence-electron chi connectivity index (χ1n) is 13.5. The number of nitrogens with one attached hydrogen (secondary N) is 3. The normalized spacial score (nSPS) is 17.7. The molecule has 1 saturated heterocycles. The zero-order valence-electron chi connectivity index (χ0n) is 22.9. The number of hydrogen-bond acceptors (Lipinski definition) is 9. The van der Waals surface area contributed by atoms with Crippen LogP contribution in [0.4, 0.5) is 23.1 Å². The minimum Gasteiger partial charge on any atom is -0.489 e. The fraction of sp³-hybridized carbons (Fsp3) is 0.429. The minimum atomic E-state index is -3.72. The Bertz CT molecular complexity index is 1450. The largest absolute Gasteiger partial charge is 0.489 e. The Morgan fingerprint density at radius 2 is 1.90 bits per heavy atom. The molecule has 2 fully saturated rings. The number of hydrogen-bond donors (Lipinski definition) is 3. The maximum atomic E-state index is 13.0. The fourth-order valence-electron chi connectivity index (χ4n) is 4.41. The van der Waals surface area contributed by atoms with E-state index >= 15 is 0 Å². The van der Waals surface area contributed by atoms with Crippen LogP contribution in [0.15, 0.2) is 53.6 Å². The molecule has 0 amide bonds. The topological polar surface area (TPSA) is 118 Å². The molecule has 5 rings (SSSR count). The smallest absolute Gasteiger partial charge is 0.242 e. The molecule has 2 aliphatic rings. The lowest BCUT2D eigenvalue weighted by Crippen LogP contribution is -2.26. The van der Waals surface area contributed by atoms with Crippen molar-refractivity contribution in [3.63, 3.8) is 0 Å². The highest BCUT2D eigenvalue weighted by Crippen LogP contribution is 2.35. The number of sulfonamides is 1. The van der Waals surface area contributed by atoms with Gasteiger partial charge in [-0.3, -0.25) is 0 Å². The van der Waals surface area contributed by atoms with Gasteiger partial charge in [-0.25, -0.2) is 18.1 Å². The van der Waals surface area contributed by atoms with Crippen LogP contribution in [0.25, 0.3) is 0 Å². The van der Waals surface area contributed by atoms with Gasteiger partial charge in [0.25, 0.3) is 0 Å². The Morgan fingerprint density at radius 3 is 2.62 bits per heavy atom. The number of likely N-dealkylation sites (N-methyl/N-ethyl adjacent to an activating group) is 1. The molecule has 214 valence electrons. The van der Waals surface area contributed by atoms with Crippen molar-refractivity contribution in [1.82, 2.24) is 19.6 Å². The van der Waals surface area contributed by atoms with Crippen LogP contribution in [0.3, 0.4) is 0 Å². The van der Waals surface area contributed by atoms with Crippen LogP contribution in [-0.2, 0) is 10.0 Å². The van der Waals surface area contributed by atoms with Gasteiger partial charge in [0.15, 0.2) is 5.82 Å². The molecule has 2 heterocycles. The van der Waals surface area contributed by atoms with Gasteiger partial charge in [-0.15, -0.1) is 0 Å². The van der Waals surface area contributed by atoms with Gasteiger partial charge in [0.05, 0.1) is 23.7 Å². The van der Waals surface area contributed by atoms with E-state index in [1.807, 2.05) is 32.0 Å². The molecule has 40 heavy (non-hydrogen) atoms. The molecule has 10 nitrogen and oxygen atoms in total. The van der Waals surface area contributed by atoms with Crippen LogP contribution in [-0.4, -0.2) is 62.2 Å². The number of halogens is 1. The zero-order chi connectivity index (χ0) is 28.3. The van der Waals surface area contributed by atoms with Crippen molar-refractivity contribution in [2.75, 3.05) is 37.3 Å². The molecule has 2 aromatic carbocycles. The Balaban J connectivity index is 1.35. The Labute approximate surface area is 240 Å². The third kappa shape index (κ3) is 7.34. The predicted molar refractivity (Wildman–Crippen MR) is 157 cm³/mol. The van der Waals surface area contributed by atoms with E-state index in [0.717, 1.165) is 38.1 Å². The van der Waals surface area contributed by atoms with Crippen LogP contribution in [0, 0.1) is 5.92 Å². The third-order valence-corrected chi connectivity index (χ3v) is 8.40. The summed E-state index contributed by atoms with van der Waals surface area (Å²) in [5, 5.41) is 6.53. The summed E-state index contributed by atoms with van der Waals surface area (Å²) in [5.41, 5.74) is 1.02. The van der Waals surface area contributed by atoms with E-state index in [2.05, 4.69) is 37.3 Å². The number of benzene rings is 2. The second-order valence-electron chi connectivity index (χ2n) is 10.5. The molecule has 1 aromatic heterocycles.